The molecule has 3 amide bonds. The first-order valence-corrected chi connectivity index (χ1v) is 9.48. The van der Waals surface area contributed by atoms with Crippen LogP contribution in [0.4, 0.5) is 4.79 Å². The van der Waals surface area contributed by atoms with Crippen molar-refractivity contribution >= 4 is 35.1 Å². The summed E-state index contributed by atoms with van der Waals surface area (Å²) in [5.74, 6) is -0.286. The number of aromatic nitrogens is 2. The Labute approximate surface area is 165 Å². The van der Waals surface area contributed by atoms with Crippen LogP contribution in [0.2, 0.25) is 4.34 Å². The van der Waals surface area contributed by atoms with Crippen LogP contribution in [0.3, 0.4) is 0 Å². The minimum Gasteiger partial charge on any atom is -0.304 e. The van der Waals surface area contributed by atoms with Gasteiger partial charge in [0, 0.05) is 18.1 Å². The van der Waals surface area contributed by atoms with Crippen LogP contribution in [0.25, 0.3) is 0 Å². The maximum Gasteiger partial charge on any atom is 0.328 e. The molecule has 0 aliphatic carbocycles. The molecule has 1 aromatic heterocycles. The molecular weight excluding hydrogens is 384 g/mol. The summed E-state index contributed by atoms with van der Waals surface area (Å²) in [5, 5.41) is 3.93. The van der Waals surface area contributed by atoms with Crippen LogP contribution in [-0.2, 0) is 17.9 Å². The van der Waals surface area contributed by atoms with Crippen LogP contribution >= 0.6 is 23.1 Å². The van der Waals surface area contributed by atoms with E-state index in [0.717, 1.165) is 22.7 Å². The van der Waals surface area contributed by atoms with Crippen molar-refractivity contribution < 1.29 is 9.59 Å². The smallest absolute Gasteiger partial charge is 0.304 e. The van der Waals surface area contributed by atoms with Gasteiger partial charge in [-0.25, -0.2) is 4.79 Å². The Bertz CT molecular complexity index is 964. The molecule has 1 aliphatic rings. The second kappa shape index (κ2) is 7.46. The summed E-state index contributed by atoms with van der Waals surface area (Å²) in [6, 6.07) is 17.9. The Morgan fingerprint density at radius 3 is 2.26 bits per heavy atom. The third-order valence-corrected chi connectivity index (χ3v) is 5.40. The summed E-state index contributed by atoms with van der Waals surface area (Å²) in [6.45, 7) is 0.353. The van der Waals surface area contributed by atoms with Crippen molar-refractivity contribution in [1.82, 2.24) is 19.4 Å². The third kappa shape index (κ3) is 3.43. The summed E-state index contributed by atoms with van der Waals surface area (Å²) in [6.07, 6.45) is 0. The molecule has 136 valence electrons. The number of hydrogen-bond donors (Lipinski definition) is 0. The molecule has 0 spiro atoms. The number of hydrogen-bond acceptors (Lipinski definition) is 5. The topological polar surface area (TPSA) is 66.4 Å². The minimum absolute atomic E-state index is 0.0155. The number of urea groups is 1. The molecule has 0 saturated carbocycles. The fourth-order valence-corrected chi connectivity index (χ4v) is 3.74. The molecule has 2 heterocycles. The van der Waals surface area contributed by atoms with E-state index in [-0.39, 0.29) is 18.5 Å². The molecule has 4 rings (SSSR count). The number of halogens is 1. The summed E-state index contributed by atoms with van der Waals surface area (Å²) < 4.78 is 4.16. The molecule has 8 heteroatoms. The number of rotatable bonds is 5. The lowest BCUT2D eigenvalue weighted by atomic mass is 10.1. The van der Waals surface area contributed by atoms with E-state index >= 15 is 0 Å². The average Bonchev–Trinajstić information content (AvgIpc) is 3.20. The molecule has 27 heavy (non-hydrogen) atoms. The van der Waals surface area contributed by atoms with Crippen LogP contribution < -0.4 is 0 Å². The lowest BCUT2D eigenvalue weighted by Crippen LogP contribution is -2.32. The third-order valence-electron chi connectivity index (χ3n) is 4.42. The molecule has 0 bridgehead atoms. The second-order valence-electron chi connectivity index (χ2n) is 6.13. The van der Waals surface area contributed by atoms with Crippen molar-refractivity contribution in [3.8, 4) is 0 Å². The lowest BCUT2D eigenvalue weighted by Gasteiger charge is -2.22. The first kappa shape index (κ1) is 17.6. The van der Waals surface area contributed by atoms with E-state index in [4.69, 9.17) is 11.6 Å². The van der Waals surface area contributed by atoms with Gasteiger partial charge in [0.1, 0.15) is 16.1 Å². The van der Waals surface area contributed by atoms with Gasteiger partial charge in [0.25, 0.3) is 5.91 Å². The van der Waals surface area contributed by atoms with Gasteiger partial charge in [0.2, 0.25) is 0 Å². The van der Waals surface area contributed by atoms with Crippen LogP contribution in [0.1, 0.15) is 22.9 Å². The predicted octanol–water partition coefficient (Wildman–Crippen LogP) is 3.90. The average molecular weight is 399 g/mol. The van der Waals surface area contributed by atoms with E-state index in [0.29, 0.717) is 16.6 Å². The van der Waals surface area contributed by atoms with E-state index in [2.05, 4.69) is 9.59 Å². The number of benzene rings is 2. The van der Waals surface area contributed by atoms with Crippen LogP contribution in [0, 0.1) is 0 Å². The van der Waals surface area contributed by atoms with Gasteiger partial charge in [0.05, 0.1) is 6.54 Å². The van der Waals surface area contributed by atoms with Crippen molar-refractivity contribution in [3.05, 3.63) is 81.8 Å². The normalized spacial score (nSPS) is 17.0. The Hall–Kier alpha value is -2.77. The van der Waals surface area contributed by atoms with Crippen molar-refractivity contribution in [1.29, 1.82) is 0 Å². The van der Waals surface area contributed by atoms with Crippen molar-refractivity contribution in [3.63, 3.8) is 0 Å². The molecule has 1 aliphatic heterocycles. The van der Waals surface area contributed by atoms with Gasteiger partial charge in [0.15, 0.2) is 0 Å². The highest BCUT2D eigenvalue weighted by atomic mass is 35.5. The molecule has 2 aromatic carbocycles. The zero-order valence-electron chi connectivity index (χ0n) is 14.2. The van der Waals surface area contributed by atoms with Gasteiger partial charge in [-0.1, -0.05) is 76.8 Å². The van der Waals surface area contributed by atoms with Gasteiger partial charge in [-0.15, -0.1) is 5.10 Å². The second-order valence-corrected chi connectivity index (χ2v) is 7.48. The highest BCUT2D eigenvalue weighted by Crippen LogP contribution is 2.34. The fourth-order valence-electron chi connectivity index (χ4n) is 3.12. The molecule has 1 atom stereocenters. The number of nitrogens with zero attached hydrogens (tertiary/aromatic N) is 4. The standard InChI is InChI=1S/C19H15ClN4O2S/c20-17-15(21-22-27-17)12-24-18(25)16(14-9-5-2-6-10-14)23(19(24)26)11-13-7-3-1-4-8-13/h1-10,16H,11-12H2/t16-/m0/s1. The van der Waals surface area contributed by atoms with E-state index in [1.807, 2.05) is 60.7 Å². The Morgan fingerprint density at radius 1 is 0.963 bits per heavy atom. The zero-order chi connectivity index (χ0) is 18.8. The summed E-state index contributed by atoms with van der Waals surface area (Å²) in [7, 11) is 0. The van der Waals surface area contributed by atoms with E-state index < -0.39 is 6.04 Å². The predicted molar refractivity (Wildman–Crippen MR) is 102 cm³/mol. The van der Waals surface area contributed by atoms with Gasteiger partial charge in [-0.2, -0.15) is 0 Å². The zero-order valence-corrected chi connectivity index (χ0v) is 15.7. The van der Waals surface area contributed by atoms with Crippen LogP contribution in [-0.4, -0.2) is 31.3 Å². The molecule has 0 radical (unpaired) electrons. The molecule has 0 N–H and O–H groups in total. The maximum absolute atomic E-state index is 13.1. The largest absolute Gasteiger partial charge is 0.328 e. The van der Waals surface area contributed by atoms with E-state index in [1.54, 1.807) is 4.90 Å². The quantitative estimate of drug-likeness (QED) is 0.611. The van der Waals surface area contributed by atoms with Crippen molar-refractivity contribution in [2.75, 3.05) is 0 Å². The summed E-state index contributed by atoms with van der Waals surface area (Å²) in [5.41, 5.74) is 2.16. The SMILES string of the molecule is O=C1[C@H](c2ccccc2)N(Cc2ccccc2)C(=O)N1Cc1nnsc1Cl. The Balaban J connectivity index is 1.69. The van der Waals surface area contributed by atoms with Crippen molar-refractivity contribution in [2.45, 2.75) is 19.1 Å². The first-order valence-electron chi connectivity index (χ1n) is 8.32. The number of carbonyl (C=O) groups is 2. The summed E-state index contributed by atoms with van der Waals surface area (Å²) in [4.78, 5) is 29.0. The van der Waals surface area contributed by atoms with E-state index in [1.165, 1.54) is 4.90 Å². The molecule has 3 aromatic rings. The fraction of sp³-hybridized carbons (Fsp3) is 0.158. The van der Waals surface area contributed by atoms with Crippen molar-refractivity contribution in [2.24, 2.45) is 0 Å². The Kier molecular flexibility index (Phi) is 4.87. The molecule has 6 nitrogen and oxygen atoms in total. The van der Waals surface area contributed by atoms with Gasteiger partial charge in [-0.3, -0.25) is 9.69 Å². The maximum atomic E-state index is 13.1. The van der Waals surface area contributed by atoms with E-state index in [9.17, 15) is 9.59 Å². The number of carbonyl (C=O) groups excluding carboxylic acids is 2. The molecule has 1 fully saturated rings. The van der Waals surface area contributed by atoms with Crippen LogP contribution in [0.15, 0.2) is 60.7 Å². The number of amides is 3. The minimum atomic E-state index is -0.677. The first-order chi connectivity index (χ1) is 13.1. The summed E-state index contributed by atoms with van der Waals surface area (Å²) >= 11 is 7.10. The molecular formula is C19H15ClN4O2S. The van der Waals surface area contributed by atoms with Gasteiger partial charge >= 0.3 is 6.03 Å². The Morgan fingerprint density at radius 2 is 1.63 bits per heavy atom. The number of imide groups is 1. The molecule has 1 saturated heterocycles. The van der Waals surface area contributed by atoms with Gasteiger partial charge in [-0.05, 0) is 11.1 Å². The van der Waals surface area contributed by atoms with Crippen LogP contribution in [0.5, 0.6) is 0 Å². The van der Waals surface area contributed by atoms with Gasteiger partial charge < -0.3 is 4.90 Å². The highest BCUT2D eigenvalue weighted by Gasteiger charge is 2.46. The lowest BCUT2D eigenvalue weighted by molar-refractivity contribution is -0.129. The monoisotopic (exact) mass is 398 g/mol. The highest BCUT2D eigenvalue weighted by molar-refractivity contribution is 7.10. The molecule has 0 unspecified atom stereocenters.